The maximum absolute atomic E-state index is 12.0. The quantitative estimate of drug-likeness (QED) is 0.744. The number of carbonyl (C=O) groups excluding carboxylic acids is 1. The van der Waals surface area contributed by atoms with Gasteiger partial charge in [0, 0.05) is 11.9 Å². The molecular weight excluding hydrogens is 310 g/mol. The first-order chi connectivity index (χ1) is 11.2. The molecule has 0 atom stereocenters. The third-order valence-corrected chi connectivity index (χ3v) is 4.09. The van der Waals surface area contributed by atoms with Crippen molar-refractivity contribution in [1.82, 2.24) is 4.98 Å². The summed E-state index contributed by atoms with van der Waals surface area (Å²) in [5.74, 6) is 0.739. The second-order valence-electron chi connectivity index (χ2n) is 4.70. The molecule has 2 N–H and O–H groups in total. The molecule has 0 aliphatic carbocycles. The lowest BCUT2D eigenvalue weighted by Crippen LogP contribution is -2.19. The fourth-order valence-corrected chi connectivity index (χ4v) is 2.82. The summed E-state index contributed by atoms with van der Waals surface area (Å²) >= 11 is 1.43. The zero-order valence-corrected chi connectivity index (χ0v) is 13.3. The van der Waals surface area contributed by atoms with Gasteiger partial charge in [-0.25, -0.2) is 9.78 Å². The minimum atomic E-state index is -0.330. The number of benzene rings is 2. The Morgan fingerprint density at radius 3 is 2.48 bits per heavy atom. The predicted octanol–water partition coefficient (Wildman–Crippen LogP) is 4.46. The largest absolute Gasteiger partial charge is 0.497 e. The molecule has 0 unspecified atom stereocenters. The topological polar surface area (TPSA) is 63.2 Å². The first-order valence-electron chi connectivity index (χ1n) is 6.98. The number of urea groups is 1. The highest BCUT2D eigenvalue weighted by atomic mass is 32.1. The number of carbonyl (C=O) groups is 1. The van der Waals surface area contributed by atoms with Gasteiger partial charge in [-0.3, -0.25) is 5.32 Å². The SMILES string of the molecule is COc1ccc(NC(=O)Nc2ncc(-c3ccccc3)s2)cc1. The summed E-state index contributed by atoms with van der Waals surface area (Å²) < 4.78 is 5.08. The van der Waals surface area contributed by atoms with E-state index in [9.17, 15) is 4.79 Å². The van der Waals surface area contributed by atoms with Crippen LogP contribution in [0.15, 0.2) is 60.8 Å². The Labute approximate surface area is 138 Å². The highest BCUT2D eigenvalue weighted by molar-refractivity contribution is 7.19. The Morgan fingerprint density at radius 1 is 1.04 bits per heavy atom. The molecule has 0 spiro atoms. The number of thiazole rings is 1. The van der Waals surface area contributed by atoms with Crippen LogP contribution in [0.2, 0.25) is 0 Å². The maximum atomic E-state index is 12.0. The van der Waals surface area contributed by atoms with Crippen molar-refractivity contribution in [2.24, 2.45) is 0 Å². The Kier molecular flexibility index (Phi) is 4.54. The van der Waals surface area contributed by atoms with Crippen LogP contribution in [0, 0.1) is 0 Å². The molecule has 3 rings (SSSR count). The first-order valence-corrected chi connectivity index (χ1v) is 7.79. The van der Waals surface area contributed by atoms with Crippen LogP contribution in [0.3, 0.4) is 0 Å². The highest BCUT2D eigenvalue weighted by Gasteiger charge is 2.08. The molecule has 1 aromatic heterocycles. The van der Waals surface area contributed by atoms with E-state index in [0.717, 1.165) is 16.2 Å². The van der Waals surface area contributed by atoms with E-state index in [1.54, 1.807) is 37.6 Å². The molecule has 0 radical (unpaired) electrons. The molecule has 3 aromatic rings. The second-order valence-corrected chi connectivity index (χ2v) is 5.73. The number of rotatable bonds is 4. The van der Waals surface area contributed by atoms with Gasteiger partial charge in [0.05, 0.1) is 12.0 Å². The molecule has 2 aromatic carbocycles. The maximum Gasteiger partial charge on any atom is 0.325 e. The normalized spacial score (nSPS) is 10.1. The molecule has 0 bridgehead atoms. The van der Waals surface area contributed by atoms with E-state index < -0.39 is 0 Å². The molecule has 23 heavy (non-hydrogen) atoms. The molecule has 116 valence electrons. The van der Waals surface area contributed by atoms with E-state index in [1.807, 2.05) is 30.3 Å². The zero-order chi connectivity index (χ0) is 16.1. The fraction of sp³-hybridized carbons (Fsp3) is 0.0588. The minimum Gasteiger partial charge on any atom is -0.497 e. The second kappa shape index (κ2) is 6.93. The summed E-state index contributed by atoms with van der Waals surface area (Å²) in [6.07, 6.45) is 1.75. The van der Waals surface area contributed by atoms with Gasteiger partial charge in [-0.2, -0.15) is 0 Å². The fourth-order valence-electron chi connectivity index (χ4n) is 2.00. The van der Waals surface area contributed by atoms with Crippen LogP contribution < -0.4 is 15.4 Å². The third kappa shape index (κ3) is 3.87. The molecule has 0 saturated heterocycles. The van der Waals surface area contributed by atoms with E-state index >= 15 is 0 Å². The zero-order valence-electron chi connectivity index (χ0n) is 12.4. The first kappa shape index (κ1) is 15.1. The average Bonchev–Trinajstić information content (AvgIpc) is 3.04. The lowest BCUT2D eigenvalue weighted by atomic mass is 10.2. The molecule has 1 heterocycles. The van der Waals surface area contributed by atoms with Gasteiger partial charge in [0.2, 0.25) is 0 Å². The number of aromatic nitrogens is 1. The number of amides is 2. The third-order valence-electron chi connectivity index (χ3n) is 3.13. The van der Waals surface area contributed by atoms with E-state index in [1.165, 1.54) is 11.3 Å². The van der Waals surface area contributed by atoms with Crippen LogP contribution in [0.25, 0.3) is 10.4 Å². The standard InChI is InChI=1S/C17H15N3O2S/c1-22-14-9-7-13(8-10-14)19-16(21)20-17-18-11-15(23-17)12-5-3-2-4-6-12/h2-11H,1H3,(H2,18,19,20,21). The molecule has 0 fully saturated rings. The van der Waals surface area contributed by atoms with E-state index in [-0.39, 0.29) is 6.03 Å². The van der Waals surface area contributed by atoms with Gasteiger partial charge < -0.3 is 10.1 Å². The van der Waals surface area contributed by atoms with Crippen molar-refractivity contribution in [2.45, 2.75) is 0 Å². The lowest BCUT2D eigenvalue weighted by Gasteiger charge is -2.06. The van der Waals surface area contributed by atoms with Crippen molar-refractivity contribution in [3.8, 4) is 16.2 Å². The summed E-state index contributed by atoms with van der Waals surface area (Å²) in [4.78, 5) is 17.2. The van der Waals surface area contributed by atoms with Crippen molar-refractivity contribution >= 4 is 28.2 Å². The monoisotopic (exact) mass is 325 g/mol. The number of hydrogen-bond acceptors (Lipinski definition) is 4. The Hall–Kier alpha value is -2.86. The molecule has 5 nitrogen and oxygen atoms in total. The Balaban J connectivity index is 1.63. The predicted molar refractivity (Wildman–Crippen MR) is 93.2 cm³/mol. The van der Waals surface area contributed by atoms with Gasteiger partial charge >= 0.3 is 6.03 Å². The number of methoxy groups -OCH3 is 1. The highest BCUT2D eigenvalue weighted by Crippen LogP contribution is 2.28. The number of anilines is 2. The van der Waals surface area contributed by atoms with E-state index in [4.69, 9.17) is 4.74 Å². The molecule has 0 saturated carbocycles. The number of nitrogens with one attached hydrogen (secondary N) is 2. The summed E-state index contributed by atoms with van der Waals surface area (Å²) in [6, 6.07) is 16.7. The smallest absolute Gasteiger partial charge is 0.325 e. The van der Waals surface area contributed by atoms with E-state index in [2.05, 4.69) is 15.6 Å². The number of hydrogen-bond donors (Lipinski definition) is 2. The van der Waals surface area contributed by atoms with Crippen LogP contribution >= 0.6 is 11.3 Å². The molecular formula is C17H15N3O2S. The molecule has 0 aliphatic heterocycles. The van der Waals surface area contributed by atoms with Crippen molar-refractivity contribution in [3.63, 3.8) is 0 Å². The van der Waals surface area contributed by atoms with Crippen LogP contribution in [0.4, 0.5) is 15.6 Å². The van der Waals surface area contributed by atoms with Crippen LogP contribution in [0.1, 0.15) is 0 Å². The molecule has 2 amide bonds. The Morgan fingerprint density at radius 2 is 1.78 bits per heavy atom. The van der Waals surface area contributed by atoms with Crippen molar-refractivity contribution in [3.05, 3.63) is 60.8 Å². The van der Waals surface area contributed by atoms with Crippen LogP contribution in [-0.4, -0.2) is 18.1 Å². The van der Waals surface area contributed by atoms with Gasteiger partial charge in [0.1, 0.15) is 5.75 Å². The summed E-state index contributed by atoms with van der Waals surface area (Å²) in [5, 5.41) is 6.04. The van der Waals surface area contributed by atoms with E-state index in [0.29, 0.717) is 10.8 Å². The lowest BCUT2D eigenvalue weighted by molar-refractivity contribution is 0.262. The van der Waals surface area contributed by atoms with Crippen LogP contribution in [-0.2, 0) is 0 Å². The summed E-state index contributed by atoms with van der Waals surface area (Å²) in [6.45, 7) is 0. The molecule has 6 heteroatoms. The summed E-state index contributed by atoms with van der Waals surface area (Å²) in [5.41, 5.74) is 1.76. The summed E-state index contributed by atoms with van der Waals surface area (Å²) in [7, 11) is 1.60. The minimum absolute atomic E-state index is 0.330. The van der Waals surface area contributed by atoms with Gasteiger partial charge in [0.15, 0.2) is 5.13 Å². The average molecular weight is 325 g/mol. The number of ether oxygens (including phenoxy) is 1. The van der Waals surface area contributed by atoms with Gasteiger partial charge in [-0.15, -0.1) is 0 Å². The van der Waals surface area contributed by atoms with Crippen molar-refractivity contribution < 1.29 is 9.53 Å². The Bertz CT molecular complexity index is 785. The van der Waals surface area contributed by atoms with Crippen LogP contribution in [0.5, 0.6) is 5.75 Å². The van der Waals surface area contributed by atoms with Crippen molar-refractivity contribution in [2.75, 3.05) is 17.7 Å². The van der Waals surface area contributed by atoms with Gasteiger partial charge in [-0.1, -0.05) is 41.7 Å². The van der Waals surface area contributed by atoms with Crippen molar-refractivity contribution in [1.29, 1.82) is 0 Å². The number of nitrogens with zero attached hydrogens (tertiary/aromatic N) is 1. The van der Waals surface area contributed by atoms with Gasteiger partial charge in [-0.05, 0) is 29.8 Å². The van der Waals surface area contributed by atoms with Gasteiger partial charge in [0.25, 0.3) is 0 Å². The molecule has 0 aliphatic rings.